The highest BCUT2D eigenvalue weighted by Crippen LogP contribution is 2.42. The molecule has 8 heteroatoms. The maximum absolute atomic E-state index is 13.5. The summed E-state index contributed by atoms with van der Waals surface area (Å²) in [7, 11) is 3.14. The second-order valence-corrected chi connectivity index (χ2v) is 10.7. The van der Waals surface area contributed by atoms with Gasteiger partial charge in [-0.05, 0) is 38.1 Å². The highest BCUT2D eigenvalue weighted by atomic mass is 32.2. The molecule has 7 nitrogen and oxygen atoms in total. The Balaban J connectivity index is 1.57. The van der Waals surface area contributed by atoms with Crippen molar-refractivity contribution in [3.05, 3.63) is 96.2 Å². The molecule has 0 fully saturated rings. The van der Waals surface area contributed by atoms with Crippen LogP contribution in [0.1, 0.15) is 18.2 Å². The van der Waals surface area contributed by atoms with Crippen LogP contribution in [0.25, 0.3) is 33.3 Å². The Labute approximate surface area is 243 Å². The number of aromatic nitrogens is 2. The molecule has 5 rings (SSSR count). The number of benzene rings is 3. The molecule has 0 bridgehead atoms. The molecular weight excluding hydrogens is 532 g/mol. The highest BCUT2D eigenvalue weighted by Gasteiger charge is 2.24. The third-order valence-corrected chi connectivity index (χ3v) is 7.71. The number of hydrogen-bond acceptors (Lipinski definition) is 7. The topological polar surface area (TPSA) is 97.1 Å². The average Bonchev–Trinajstić information content (AvgIpc) is 3.00. The van der Waals surface area contributed by atoms with Crippen molar-refractivity contribution in [3.63, 3.8) is 0 Å². The Hall–Kier alpha value is -4.87. The summed E-state index contributed by atoms with van der Waals surface area (Å²) in [5.41, 5.74) is 5.56. The number of rotatable bonds is 8. The smallest absolute Gasteiger partial charge is 0.237 e. The molecule has 0 spiro atoms. The SMILES string of the molecule is COc1cccc(-c2cc(-c3ccccc3)nc(SC(C)C(=O)Nc3cc(C)nc4ccccc34)c2C#N)c1OC. The van der Waals surface area contributed by atoms with Crippen LogP contribution in [0, 0.1) is 18.3 Å². The normalized spacial score (nSPS) is 11.5. The van der Waals surface area contributed by atoms with E-state index in [1.165, 1.54) is 11.8 Å². The van der Waals surface area contributed by atoms with Gasteiger partial charge in [-0.1, -0.05) is 72.4 Å². The largest absolute Gasteiger partial charge is 0.493 e. The Morgan fingerprint density at radius 1 is 0.927 bits per heavy atom. The van der Waals surface area contributed by atoms with Crippen molar-refractivity contribution in [2.75, 3.05) is 19.5 Å². The van der Waals surface area contributed by atoms with Crippen molar-refractivity contribution in [1.29, 1.82) is 5.26 Å². The predicted octanol–water partition coefficient (Wildman–Crippen LogP) is 7.28. The number of amides is 1. The zero-order valence-corrected chi connectivity index (χ0v) is 24.0. The van der Waals surface area contributed by atoms with Gasteiger partial charge in [0.1, 0.15) is 11.1 Å². The lowest BCUT2D eigenvalue weighted by atomic mass is 9.98. The molecule has 2 heterocycles. The molecular formula is C33H28N4O3S. The van der Waals surface area contributed by atoms with Gasteiger partial charge in [-0.15, -0.1) is 0 Å². The van der Waals surface area contributed by atoms with Gasteiger partial charge < -0.3 is 14.8 Å². The standard InChI is InChI=1S/C33H28N4O3S/c1-20-17-29(24-13-8-9-15-27(24)35-20)36-32(38)21(2)41-33-26(19-34)25(18-28(37-33)22-11-6-5-7-12-22)23-14-10-16-30(39-3)31(23)40-4/h5-18,21H,1-4H3,(H,35,36,38). The molecule has 3 aromatic carbocycles. The third kappa shape index (κ3) is 5.72. The maximum Gasteiger partial charge on any atom is 0.237 e. The van der Waals surface area contributed by atoms with E-state index in [1.807, 2.05) is 85.8 Å². The number of nitrogens with one attached hydrogen (secondary N) is 1. The minimum Gasteiger partial charge on any atom is -0.493 e. The highest BCUT2D eigenvalue weighted by molar-refractivity contribution is 8.00. The molecule has 0 aliphatic rings. The van der Waals surface area contributed by atoms with E-state index >= 15 is 0 Å². The van der Waals surface area contributed by atoms with Crippen molar-refractivity contribution < 1.29 is 14.3 Å². The molecule has 0 saturated heterocycles. The minimum absolute atomic E-state index is 0.206. The number of carbonyl (C=O) groups is 1. The number of nitriles is 1. The summed E-state index contributed by atoms with van der Waals surface area (Å²) in [6, 6.07) is 29.0. The number of para-hydroxylation sites is 2. The van der Waals surface area contributed by atoms with E-state index in [1.54, 1.807) is 27.2 Å². The summed E-state index contributed by atoms with van der Waals surface area (Å²) in [4.78, 5) is 22.9. The molecule has 1 atom stereocenters. The Kier molecular flexibility index (Phi) is 8.18. The zero-order valence-electron chi connectivity index (χ0n) is 23.1. The fraction of sp³-hybridized carbons (Fsp3) is 0.152. The van der Waals surface area contributed by atoms with Gasteiger partial charge in [-0.3, -0.25) is 9.78 Å². The van der Waals surface area contributed by atoms with Crippen molar-refractivity contribution in [1.82, 2.24) is 9.97 Å². The summed E-state index contributed by atoms with van der Waals surface area (Å²) in [6.07, 6.45) is 0. The van der Waals surface area contributed by atoms with Crippen molar-refractivity contribution >= 4 is 34.3 Å². The molecule has 0 saturated carbocycles. The van der Waals surface area contributed by atoms with E-state index in [9.17, 15) is 10.1 Å². The molecule has 2 aromatic heterocycles. The van der Waals surface area contributed by atoms with Crippen LogP contribution in [0.2, 0.25) is 0 Å². The van der Waals surface area contributed by atoms with Crippen molar-refractivity contribution in [3.8, 4) is 40.0 Å². The van der Waals surface area contributed by atoms with Crippen LogP contribution < -0.4 is 14.8 Å². The molecule has 204 valence electrons. The first-order chi connectivity index (χ1) is 19.9. The van der Waals surface area contributed by atoms with Crippen LogP contribution in [0.3, 0.4) is 0 Å². The molecule has 5 aromatic rings. The molecule has 41 heavy (non-hydrogen) atoms. The summed E-state index contributed by atoms with van der Waals surface area (Å²) >= 11 is 1.24. The van der Waals surface area contributed by atoms with Crippen LogP contribution in [-0.4, -0.2) is 35.3 Å². The van der Waals surface area contributed by atoms with E-state index in [4.69, 9.17) is 14.5 Å². The van der Waals surface area contributed by atoms with E-state index in [2.05, 4.69) is 16.4 Å². The first-order valence-electron chi connectivity index (χ1n) is 13.0. The van der Waals surface area contributed by atoms with Gasteiger partial charge in [0.15, 0.2) is 11.5 Å². The van der Waals surface area contributed by atoms with Gasteiger partial charge in [0.05, 0.1) is 41.9 Å². The van der Waals surface area contributed by atoms with Gasteiger partial charge in [-0.25, -0.2) is 4.98 Å². The van der Waals surface area contributed by atoms with Crippen LogP contribution in [0.15, 0.2) is 90.0 Å². The van der Waals surface area contributed by atoms with E-state index in [-0.39, 0.29) is 5.91 Å². The molecule has 1 amide bonds. The number of anilines is 1. The fourth-order valence-electron chi connectivity index (χ4n) is 4.65. The summed E-state index contributed by atoms with van der Waals surface area (Å²) < 4.78 is 11.2. The van der Waals surface area contributed by atoms with Gasteiger partial charge in [0.2, 0.25) is 5.91 Å². The van der Waals surface area contributed by atoms with Crippen LogP contribution in [-0.2, 0) is 4.79 Å². The van der Waals surface area contributed by atoms with Crippen molar-refractivity contribution in [2.45, 2.75) is 24.1 Å². The van der Waals surface area contributed by atoms with Gasteiger partial charge >= 0.3 is 0 Å². The molecule has 1 unspecified atom stereocenters. The summed E-state index contributed by atoms with van der Waals surface area (Å²) in [5, 5.41) is 14.2. The number of carbonyl (C=O) groups excluding carboxylic acids is 1. The van der Waals surface area contributed by atoms with E-state index in [0.717, 1.165) is 22.2 Å². The van der Waals surface area contributed by atoms with Crippen molar-refractivity contribution in [2.24, 2.45) is 0 Å². The predicted molar refractivity (Wildman–Crippen MR) is 163 cm³/mol. The van der Waals surface area contributed by atoms with Crippen LogP contribution >= 0.6 is 11.8 Å². The zero-order chi connectivity index (χ0) is 28.9. The monoisotopic (exact) mass is 560 g/mol. The number of pyridine rings is 2. The Morgan fingerprint density at radius 3 is 2.41 bits per heavy atom. The summed E-state index contributed by atoms with van der Waals surface area (Å²) in [5.74, 6) is 0.856. The average molecular weight is 561 g/mol. The first-order valence-corrected chi connectivity index (χ1v) is 13.9. The quantitative estimate of drug-likeness (QED) is 0.199. The number of thioether (sulfide) groups is 1. The van der Waals surface area contributed by atoms with Gasteiger partial charge in [-0.2, -0.15) is 5.26 Å². The minimum atomic E-state index is -0.562. The van der Waals surface area contributed by atoms with Gasteiger partial charge in [0.25, 0.3) is 0 Å². The second-order valence-electron chi connectivity index (χ2n) is 9.33. The molecule has 0 radical (unpaired) electrons. The van der Waals surface area contributed by atoms with Gasteiger partial charge in [0, 0.05) is 27.8 Å². The van der Waals surface area contributed by atoms with Crippen LogP contribution in [0.5, 0.6) is 11.5 Å². The first kappa shape index (κ1) is 27.7. The number of ether oxygens (including phenoxy) is 2. The van der Waals surface area contributed by atoms with Crippen LogP contribution in [0.4, 0.5) is 5.69 Å². The summed E-state index contributed by atoms with van der Waals surface area (Å²) in [6.45, 7) is 3.70. The maximum atomic E-state index is 13.5. The lowest BCUT2D eigenvalue weighted by Gasteiger charge is -2.18. The number of methoxy groups -OCH3 is 2. The lowest BCUT2D eigenvalue weighted by Crippen LogP contribution is -2.23. The fourth-order valence-corrected chi connectivity index (χ4v) is 5.58. The molecule has 0 aliphatic carbocycles. The van der Waals surface area contributed by atoms with E-state index < -0.39 is 5.25 Å². The lowest BCUT2D eigenvalue weighted by molar-refractivity contribution is -0.115. The molecule has 0 aliphatic heterocycles. The third-order valence-electron chi connectivity index (χ3n) is 6.62. The number of nitrogens with zero attached hydrogens (tertiary/aromatic N) is 3. The Morgan fingerprint density at radius 2 is 1.68 bits per heavy atom. The molecule has 1 N–H and O–H groups in total. The Bertz CT molecular complexity index is 1780. The van der Waals surface area contributed by atoms with E-state index in [0.29, 0.717) is 44.6 Å². The number of hydrogen-bond donors (Lipinski definition) is 1. The second kappa shape index (κ2) is 12.1. The number of fused-ring (bicyclic) bond motifs is 1. The number of aryl methyl sites for hydroxylation is 1.